The van der Waals surface area contributed by atoms with Gasteiger partial charge in [-0.1, -0.05) is 53.2 Å². The first-order valence-corrected chi connectivity index (χ1v) is 14.7. The average Bonchev–Trinajstić information content (AvgIpc) is 3.31. The van der Waals surface area contributed by atoms with Crippen molar-refractivity contribution in [1.82, 2.24) is 0 Å². The van der Waals surface area contributed by atoms with Crippen molar-refractivity contribution in [3.05, 3.63) is 11.6 Å². The fourth-order valence-electron chi connectivity index (χ4n) is 10.3. The summed E-state index contributed by atoms with van der Waals surface area (Å²) in [5.41, 5.74) is 2.00. The first kappa shape index (κ1) is 26.4. The van der Waals surface area contributed by atoms with Gasteiger partial charge in [-0.3, -0.25) is 9.59 Å². The van der Waals surface area contributed by atoms with Crippen molar-refractivity contribution >= 4 is 11.8 Å². The summed E-state index contributed by atoms with van der Waals surface area (Å²) in [6.07, 6.45) is 11.2. The van der Waals surface area contributed by atoms with Gasteiger partial charge in [-0.05, 0) is 98.7 Å². The Hall–Kier alpha value is -1.16. The molecular weight excluding hydrogens is 448 g/mol. The Morgan fingerprint density at radius 3 is 2.36 bits per heavy atom. The molecule has 0 aromatic carbocycles. The van der Waals surface area contributed by atoms with Crippen LogP contribution in [0.25, 0.3) is 0 Å². The Balaban J connectivity index is 1.40. The number of hydrogen-bond acceptors (Lipinski definition) is 4. The van der Waals surface area contributed by atoms with E-state index in [0.717, 1.165) is 25.7 Å². The first-order valence-electron chi connectivity index (χ1n) is 14.7. The molecule has 0 unspecified atom stereocenters. The SMILES string of the molecule is CC(=O)O[C@H](C[C@H](C)[C@@H]1CC[C@]2(C)C3=CC[C@H]4C(C)(C)C(=O)CC[C@]4(C)[C@H]3CC[C@@]12C)[C@@H]1OC1(C)C. The summed E-state index contributed by atoms with van der Waals surface area (Å²) in [4.78, 5) is 24.8. The van der Waals surface area contributed by atoms with E-state index in [1.54, 1.807) is 5.57 Å². The molecule has 4 fully saturated rings. The summed E-state index contributed by atoms with van der Waals surface area (Å²) in [6.45, 7) is 20.2. The molecule has 3 saturated carbocycles. The van der Waals surface area contributed by atoms with Crippen molar-refractivity contribution in [3.8, 4) is 0 Å². The molecule has 1 aliphatic heterocycles. The highest BCUT2D eigenvalue weighted by Crippen LogP contribution is 2.73. The molecule has 0 bridgehead atoms. The van der Waals surface area contributed by atoms with E-state index < -0.39 is 0 Å². The van der Waals surface area contributed by atoms with E-state index in [1.807, 2.05) is 0 Å². The van der Waals surface area contributed by atoms with Gasteiger partial charge in [0.1, 0.15) is 18.0 Å². The summed E-state index contributed by atoms with van der Waals surface area (Å²) in [5, 5.41) is 0. The number of Topliss-reactive ketones (excluding diaryl/α,β-unsaturated/α-hetero) is 1. The monoisotopic (exact) mass is 498 g/mol. The van der Waals surface area contributed by atoms with Crippen molar-refractivity contribution in [2.45, 2.75) is 131 Å². The normalized spacial score (nSPS) is 46.0. The number of fused-ring (bicyclic) bond motifs is 5. The molecule has 0 N–H and O–H groups in total. The molecule has 4 heteroatoms. The van der Waals surface area contributed by atoms with Gasteiger partial charge < -0.3 is 9.47 Å². The number of esters is 1. The molecule has 9 atom stereocenters. The van der Waals surface area contributed by atoms with Gasteiger partial charge in [0.2, 0.25) is 0 Å². The molecular formula is C32H50O4. The lowest BCUT2D eigenvalue weighted by atomic mass is 9.41. The molecule has 0 aromatic rings. The van der Waals surface area contributed by atoms with Crippen LogP contribution in [0.2, 0.25) is 0 Å². The van der Waals surface area contributed by atoms with Crippen LogP contribution in [0.5, 0.6) is 0 Å². The lowest BCUT2D eigenvalue weighted by molar-refractivity contribution is -0.149. The van der Waals surface area contributed by atoms with Crippen molar-refractivity contribution in [2.75, 3.05) is 0 Å². The number of ether oxygens (including phenoxy) is 2. The largest absolute Gasteiger partial charge is 0.460 e. The molecule has 0 amide bonds. The van der Waals surface area contributed by atoms with Gasteiger partial charge in [0.25, 0.3) is 0 Å². The fraction of sp³-hybridized carbons (Fsp3) is 0.875. The van der Waals surface area contributed by atoms with Crippen LogP contribution in [-0.2, 0) is 19.1 Å². The maximum atomic E-state index is 12.9. The predicted octanol–water partition coefficient (Wildman–Crippen LogP) is 7.30. The van der Waals surface area contributed by atoms with E-state index >= 15 is 0 Å². The zero-order valence-corrected chi connectivity index (χ0v) is 24.3. The van der Waals surface area contributed by atoms with E-state index in [4.69, 9.17) is 9.47 Å². The Morgan fingerprint density at radius 2 is 1.75 bits per heavy atom. The van der Waals surface area contributed by atoms with Gasteiger partial charge in [-0.25, -0.2) is 0 Å². The molecule has 202 valence electrons. The molecule has 0 spiro atoms. The van der Waals surface area contributed by atoms with Crippen LogP contribution in [0.15, 0.2) is 11.6 Å². The van der Waals surface area contributed by atoms with Crippen molar-refractivity contribution in [1.29, 1.82) is 0 Å². The Kier molecular flexibility index (Phi) is 6.00. The zero-order valence-electron chi connectivity index (χ0n) is 24.3. The third-order valence-corrected chi connectivity index (χ3v) is 12.6. The molecule has 0 radical (unpaired) electrons. The van der Waals surface area contributed by atoms with Gasteiger partial charge >= 0.3 is 5.97 Å². The second kappa shape index (κ2) is 8.17. The van der Waals surface area contributed by atoms with Gasteiger partial charge in [-0.15, -0.1) is 0 Å². The lowest BCUT2D eigenvalue weighted by Gasteiger charge is -2.63. The van der Waals surface area contributed by atoms with Crippen LogP contribution in [0.1, 0.15) is 114 Å². The summed E-state index contributed by atoms with van der Waals surface area (Å²) in [5.74, 6) is 2.40. The molecule has 1 saturated heterocycles. The quantitative estimate of drug-likeness (QED) is 0.227. The topological polar surface area (TPSA) is 55.9 Å². The van der Waals surface area contributed by atoms with Gasteiger partial charge in [0, 0.05) is 18.8 Å². The van der Waals surface area contributed by atoms with Crippen LogP contribution in [0.4, 0.5) is 0 Å². The highest BCUT2D eigenvalue weighted by atomic mass is 16.6. The van der Waals surface area contributed by atoms with E-state index in [9.17, 15) is 9.59 Å². The highest BCUT2D eigenvalue weighted by Gasteiger charge is 2.65. The molecule has 36 heavy (non-hydrogen) atoms. The van der Waals surface area contributed by atoms with E-state index in [2.05, 4.69) is 61.5 Å². The number of rotatable bonds is 5. The third kappa shape index (κ3) is 3.62. The first-order chi connectivity index (χ1) is 16.6. The summed E-state index contributed by atoms with van der Waals surface area (Å²) < 4.78 is 11.7. The minimum atomic E-state index is -0.214. The number of ketones is 1. The van der Waals surface area contributed by atoms with E-state index in [0.29, 0.717) is 29.5 Å². The molecule has 0 aromatic heterocycles. The van der Waals surface area contributed by atoms with Crippen LogP contribution >= 0.6 is 0 Å². The van der Waals surface area contributed by atoms with Crippen LogP contribution in [0, 0.1) is 45.3 Å². The second-order valence-electron chi connectivity index (χ2n) is 15.1. The number of carbonyl (C=O) groups is 2. The molecule has 4 aliphatic carbocycles. The zero-order chi connectivity index (χ0) is 26.5. The van der Waals surface area contributed by atoms with E-state index in [-0.39, 0.29) is 45.4 Å². The van der Waals surface area contributed by atoms with E-state index in [1.165, 1.54) is 32.6 Å². The maximum absolute atomic E-state index is 12.9. The average molecular weight is 499 g/mol. The van der Waals surface area contributed by atoms with Crippen molar-refractivity contribution < 1.29 is 19.1 Å². The number of carbonyl (C=O) groups excluding carboxylic acids is 2. The highest BCUT2D eigenvalue weighted by molar-refractivity contribution is 5.85. The maximum Gasteiger partial charge on any atom is 0.302 e. The fourth-order valence-corrected chi connectivity index (χ4v) is 10.3. The number of epoxide rings is 1. The van der Waals surface area contributed by atoms with Gasteiger partial charge in [-0.2, -0.15) is 0 Å². The predicted molar refractivity (Wildman–Crippen MR) is 142 cm³/mol. The smallest absolute Gasteiger partial charge is 0.302 e. The third-order valence-electron chi connectivity index (χ3n) is 12.6. The molecule has 1 heterocycles. The summed E-state index contributed by atoms with van der Waals surface area (Å²) in [7, 11) is 0. The Morgan fingerprint density at radius 1 is 1.08 bits per heavy atom. The number of hydrogen-bond donors (Lipinski definition) is 0. The van der Waals surface area contributed by atoms with Crippen LogP contribution in [0.3, 0.4) is 0 Å². The minimum absolute atomic E-state index is 0.00970. The van der Waals surface area contributed by atoms with Gasteiger partial charge in [0.05, 0.1) is 5.60 Å². The lowest BCUT2D eigenvalue weighted by Crippen LogP contribution is -2.57. The molecule has 5 rings (SSSR count). The summed E-state index contributed by atoms with van der Waals surface area (Å²) in [6, 6.07) is 0. The van der Waals surface area contributed by atoms with Crippen LogP contribution < -0.4 is 0 Å². The number of allylic oxidation sites excluding steroid dienone is 2. The standard InChI is InChI=1S/C32H50O4/c1-19(18-24(35-20(2)33)27-29(5,6)36-27)21-12-16-32(9)23-10-11-25-28(3,4)26(34)14-15-30(25,7)22(23)13-17-31(21,32)8/h10,19,21-22,24-25,27H,11-18H2,1-9H3/t19-,21-,22-,24+,25-,27-,30+,31-,32+/m0/s1. The van der Waals surface area contributed by atoms with Crippen molar-refractivity contribution in [2.24, 2.45) is 45.3 Å². The van der Waals surface area contributed by atoms with Gasteiger partial charge in [0.15, 0.2) is 0 Å². The van der Waals surface area contributed by atoms with Crippen LogP contribution in [-0.4, -0.2) is 29.6 Å². The Labute approximate surface area is 219 Å². The summed E-state index contributed by atoms with van der Waals surface area (Å²) >= 11 is 0. The minimum Gasteiger partial charge on any atom is -0.460 e. The molecule has 4 nitrogen and oxygen atoms in total. The van der Waals surface area contributed by atoms with Crippen molar-refractivity contribution in [3.63, 3.8) is 0 Å². The second-order valence-corrected chi connectivity index (χ2v) is 15.1. The molecule has 5 aliphatic rings. The Bertz CT molecular complexity index is 977.